The molecule has 0 fully saturated rings. The quantitative estimate of drug-likeness (QED) is 0.578. The molecule has 3 aromatic rings. The zero-order chi connectivity index (χ0) is 18.3. The van der Waals surface area contributed by atoms with E-state index in [1.54, 1.807) is 24.4 Å². The molecule has 3 nitrogen and oxygen atoms in total. The number of hydrogen-bond donors (Lipinski definition) is 3. The first-order valence-electron chi connectivity index (χ1n) is 8.05. The summed E-state index contributed by atoms with van der Waals surface area (Å²) in [7, 11) is 0. The molecule has 2 heterocycles. The summed E-state index contributed by atoms with van der Waals surface area (Å²) in [4.78, 5) is 3.13. The number of benzene rings is 2. The molecule has 1 aromatic heterocycles. The Morgan fingerprint density at radius 2 is 1.73 bits per heavy atom. The number of aromatic hydroxyl groups is 1. The minimum absolute atomic E-state index is 0.186. The maximum absolute atomic E-state index is 12.8. The Morgan fingerprint density at radius 3 is 2.42 bits per heavy atom. The van der Waals surface area contributed by atoms with Gasteiger partial charge in [-0.25, -0.2) is 0 Å². The Hall–Kier alpha value is -3.15. The SMILES string of the molecule is Oc1cccc(C2=Cc3c(-c4ccc(C(F)(F)F)cc4)c[nH]c3NC2)c1. The van der Waals surface area contributed by atoms with Crippen molar-refractivity contribution in [2.45, 2.75) is 6.18 Å². The number of aromatic amines is 1. The first-order chi connectivity index (χ1) is 12.4. The number of phenols is 1. The first-order valence-corrected chi connectivity index (χ1v) is 8.05. The highest BCUT2D eigenvalue weighted by Gasteiger charge is 2.30. The summed E-state index contributed by atoms with van der Waals surface area (Å²) in [5, 5.41) is 12.9. The Kier molecular flexibility index (Phi) is 3.76. The van der Waals surface area contributed by atoms with Gasteiger partial charge in [0, 0.05) is 23.9 Å². The smallest absolute Gasteiger partial charge is 0.416 e. The highest BCUT2D eigenvalue weighted by molar-refractivity contribution is 5.95. The van der Waals surface area contributed by atoms with Crippen molar-refractivity contribution in [1.82, 2.24) is 4.98 Å². The summed E-state index contributed by atoms with van der Waals surface area (Å²) in [5.74, 6) is 1.01. The Bertz CT molecular complexity index is 985. The monoisotopic (exact) mass is 356 g/mol. The lowest BCUT2D eigenvalue weighted by molar-refractivity contribution is -0.137. The van der Waals surface area contributed by atoms with Crippen LogP contribution in [-0.4, -0.2) is 16.6 Å². The molecule has 0 unspecified atom stereocenters. The van der Waals surface area contributed by atoms with Crippen molar-refractivity contribution in [3.63, 3.8) is 0 Å². The molecule has 0 atom stereocenters. The maximum Gasteiger partial charge on any atom is 0.416 e. The van der Waals surface area contributed by atoms with E-state index in [1.807, 2.05) is 12.1 Å². The molecule has 0 bridgehead atoms. The van der Waals surface area contributed by atoms with Crippen LogP contribution < -0.4 is 5.32 Å². The number of alkyl halides is 3. The second kappa shape index (κ2) is 5.98. The molecule has 26 heavy (non-hydrogen) atoms. The van der Waals surface area contributed by atoms with Gasteiger partial charge in [-0.1, -0.05) is 24.3 Å². The zero-order valence-corrected chi connectivity index (χ0v) is 13.6. The van der Waals surface area contributed by atoms with Gasteiger partial charge >= 0.3 is 6.18 Å². The average Bonchev–Trinajstić information content (AvgIpc) is 3.04. The van der Waals surface area contributed by atoms with Crippen LogP contribution in [0.25, 0.3) is 22.8 Å². The third-order valence-electron chi connectivity index (χ3n) is 4.43. The van der Waals surface area contributed by atoms with Crippen LogP contribution in [0.1, 0.15) is 16.7 Å². The topological polar surface area (TPSA) is 48.0 Å². The molecule has 0 radical (unpaired) electrons. The molecule has 4 rings (SSSR count). The summed E-state index contributed by atoms with van der Waals surface area (Å²) >= 11 is 0. The van der Waals surface area contributed by atoms with Crippen LogP contribution in [0, 0.1) is 0 Å². The van der Waals surface area contributed by atoms with E-state index >= 15 is 0 Å². The van der Waals surface area contributed by atoms with E-state index in [0.29, 0.717) is 12.1 Å². The van der Waals surface area contributed by atoms with E-state index in [0.717, 1.165) is 40.2 Å². The van der Waals surface area contributed by atoms with Crippen molar-refractivity contribution in [3.8, 4) is 16.9 Å². The molecule has 0 saturated carbocycles. The van der Waals surface area contributed by atoms with Crippen LogP contribution in [0.3, 0.4) is 0 Å². The summed E-state index contributed by atoms with van der Waals surface area (Å²) in [6.45, 7) is 0.587. The van der Waals surface area contributed by atoms with Gasteiger partial charge in [-0.15, -0.1) is 0 Å². The minimum atomic E-state index is -4.35. The largest absolute Gasteiger partial charge is 0.508 e. The van der Waals surface area contributed by atoms with Gasteiger partial charge in [-0.05, 0) is 47.0 Å². The average molecular weight is 356 g/mol. The Morgan fingerprint density at radius 1 is 0.962 bits per heavy atom. The maximum atomic E-state index is 12.8. The van der Waals surface area contributed by atoms with E-state index in [1.165, 1.54) is 12.1 Å². The molecule has 0 spiro atoms. The number of phenolic OH excluding ortho intramolecular Hbond substituents is 1. The summed E-state index contributed by atoms with van der Waals surface area (Å²) in [6.07, 6.45) is -0.577. The fourth-order valence-corrected chi connectivity index (χ4v) is 3.11. The number of rotatable bonds is 2. The molecule has 0 saturated heterocycles. The summed E-state index contributed by atoms with van der Waals surface area (Å²) in [6, 6.07) is 12.1. The number of aromatic nitrogens is 1. The number of nitrogens with one attached hydrogen (secondary N) is 2. The number of fused-ring (bicyclic) bond motifs is 1. The van der Waals surface area contributed by atoms with Crippen molar-refractivity contribution in [2.75, 3.05) is 11.9 Å². The molecule has 3 N–H and O–H groups in total. The number of H-pyrrole nitrogens is 1. The second-order valence-electron chi connectivity index (χ2n) is 6.14. The van der Waals surface area contributed by atoms with E-state index in [9.17, 15) is 18.3 Å². The standard InChI is InChI=1S/C20H15F3N2O/c21-20(22,23)15-6-4-12(5-7-15)18-11-25-19-17(18)9-14(10-24-19)13-2-1-3-16(26)8-13/h1-9,11,24-26H,10H2. The van der Waals surface area contributed by atoms with Crippen LogP contribution in [0.4, 0.5) is 19.0 Å². The highest BCUT2D eigenvalue weighted by Crippen LogP contribution is 2.37. The lowest BCUT2D eigenvalue weighted by Gasteiger charge is -2.17. The molecule has 0 amide bonds. The van der Waals surface area contributed by atoms with Gasteiger partial charge in [0.05, 0.1) is 5.56 Å². The Balaban J connectivity index is 1.73. The van der Waals surface area contributed by atoms with E-state index in [4.69, 9.17) is 0 Å². The molecular weight excluding hydrogens is 341 g/mol. The third-order valence-corrected chi connectivity index (χ3v) is 4.43. The highest BCUT2D eigenvalue weighted by atomic mass is 19.4. The number of halogens is 3. The van der Waals surface area contributed by atoms with Crippen molar-refractivity contribution in [3.05, 3.63) is 71.4 Å². The number of hydrogen-bond acceptors (Lipinski definition) is 2. The molecule has 132 valence electrons. The van der Waals surface area contributed by atoms with Gasteiger partial charge in [0.15, 0.2) is 0 Å². The summed E-state index contributed by atoms with van der Waals surface area (Å²) < 4.78 is 38.3. The Labute approximate surface area is 147 Å². The predicted molar refractivity (Wildman–Crippen MR) is 95.7 cm³/mol. The molecule has 6 heteroatoms. The van der Waals surface area contributed by atoms with Crippen molar-refractivity contribution in [2.24, 2.45) is 0 Å². The van der Waals surface area contributed by atoms with Crippen LogP contribution in [-0.2, 0) is 6.18 Å². The lowest BCUT2D eigenvalue weighted by atomic mass is 9.96. The molecule has 1 aliphatic rings. The van der Waals surface area contributed by atoms with Gasteiger partial charge in [-0.2, -0.15) is 13.2 Å². The van der Waals surface area contributed by atoms with E-state index in [2.05, 4.69) is 10.3 Å². The normalized spacial score (nSPS) is 13.7. The van der Waals surface area contributed by atoms with Gasteiger partial charge in [0.1, 0.15) is 11.6 Å². The third kappa shape index (κ3) is 2.94. The molecule has 2 aromatic carbocycles. The number of anilines is 1. The van der Waals surface area contributed by atoms with Crippen LogP contribution in [0.5, 0.6) is 5.75 Å². The van der Waals surface area contributed by atoms with Crippen molar-refractivity contribution in [1.29, 1.82) is 0 Å². The van der Waals surface area contributed by atoms with Gasteiger partial charge in [-0.3, -0.25) is 0 Å². The fraction of sp³-hybridized carbons (Fsp3) is 0.100. The van der Waals surface area contributed by atoms with Gasteiger partial charge in [0.2, 0.25) is 0 Å². The molecular formula is C20H15F3N2O. The second-order valence-corrected chi connectivity index (χ2v) is 6.14. The first kappa shape index (κ1) is 16.3. The molecule has 0 aliphatic carbocycles. The molecule has 1 aliphatic heterocycles. The lowest BCUT2D eigenvalue weighted by Crippen LogP contribution is -2.09. The van der Waals surface area contributed by atoms with Crippen LogP contribution in [0.2, 0.25) is 0 Å². The zero-order valence-electron chi connectivity index (χ0n) is 13.6. The predicted octanol–water partition coefficient (Wildman–Crippen LogP) is 5.37. The van der Waals surface area contributed by atoms with E-state index < -0.39 is 11.7 Å². The summed E-state index contributed by atoms with van der Waals surface area (Å²) in [5.41, 5.74) is 3.61. The van der Waals surface area contributed by atoms with Crippen molar-refractivity contribution < 1.29 is 18.3 Å². The minimum Gasteiger partial charge on any atom is -0.508 e. The fourth-order valence-electron chi connectivity index (χ4n) is 3.11. The van der Waals surface area contributed by atoms with Gasteiger partial charge in [0.25, 0.3) is 0 Å². The van der Waals surface area contributed by atoms with Crippen LogP contribution in [0.15, 0.2) is 54.7 Å². The van der Waals surface area contributed by atoms with Crippen molar-refractivity contribution >= 4 is 17.5 Å². The van der Waals surface area contributed by atoms with E-state index in [-0.39, 0.29) is 5.75 Å². The van der Waals surface area contributed by atoms with Crippen LogP contribution >= 0.6 is 0 Å². The van der Waals surface area contributed by atoms with Gasteiger partial charge < -0.3 is 15.4 Å².